The number of hydrogen-bond acceptors (Lipinski definition) is 3. The molecule has 14 heavy (non-hydrogen) atoms. The van der Waals surface area contributed by atoms with Crippen molar-refractivity contribution in [2.75, 3.05) is 33.5 Å². The smallest absolute Gasteiger partial charge is 0.222 e. The van der Waals surface area contributed by atoms with Crippen molar-refractivity contribution < 1.29 is 14.3 Å². The Morgan fingerprint density at radius 1 is 1.29 bits per heavy atom. The van der Waals surface area contributed by atoms with Crippen LogP contribution < -0.4 is 5.32 Å². The number of rotatable bonds is 9. The molecule has 0 fully saturated rings. The van der Waals surface area contributed by atoms with E-state index in [0.717, 1.165) is 6.42 Å². The molecular weight excluding hydrogens is 182 g/mol. The monoisotopic (exact) mass is 201 g/mol. The van der Waals surface area contributed by atoms with Crippen molar-refractivity contribution in [2.45, 2.75) is 12.8 Å². The first-order valence-corrected chi connectivity index (χ1v) is 4.78. The zero-order valence-corrected chi connectivity index (χ0v) is 8.75. The van der Waals surface area contributed by atoms with Crippen LogP contribution in [-0.4, -0.2) is 39.4 Å². The highest BCUT2D eigenvalue weighted by Crippen LogP contribution is 1.86. The van der Waals surface area contributed by atoms with Crippen molar-refractivity contribution in [3.63, 3.8) is 0 Å². The molecule has 0 aromatic carbocycles. The van der Waals surface area contributed by atoms with Crippen LogP contribution in [0.2, 0.25) is 0 Å². The summed E-state index contributed by atoms with van der Waals surface area (Å²) in [6.07, 6.45) is 3.08. The molecule has 4 heteroatoms. The van der Waals surface area contributed by atoms with Gasteiger partial charge in [0.15, 0.2) is 0 Å². The third-order valence-electron chi connectivity index (χ3n) is 1.59. The molecular formula is C10H19NO3. The third kappa shape index (κ3) is 9.22. The topological polar surface area (TPSA) is 47.6 Å². The van der Waals surface area contributed by atoms with Crippen LogP contribution >= 0.6 is 0 Å². The lowest BCUT2D eigenvalue weighted by atomic mass is 10.4. The van der Waals surface area contributed by atoms with E-state index in [1.807, 2.05) is 6.08 Å². The summed E-state index contributed by atoms with van der Waals surface area (Å²) in [5.74, 6) is -0.00224. The van der Waals surface area contributed by atoms with Crippen molar-refractivity contribution >= 4 is 5.91 Å². The van der Waals surface area contributed by atoms with Gasteiger partial charge in [-0.25, -0.2) is 0 Å². The predicted molar refractivity (Wildman–Crippen MR) is 55.1 cm³/mol. The summed E-state index contributed by atoms with van der Waals surface area (Å²) in [7, 11) is 1.61. The molecule has 0 bridgehead atoms. The van der Waals surface area contributed by atoms with E-state index in [0.29, 0.717) is 32.8 Å². The molecule has 0 saturated heterocycles. The van der Waals surface area contributed by atoms with E-state index in [2.05, 4.69) is 11.9 Å². The number of carbonyl (C=O) groups excluding carboxylic acids is 1. The highest BCUT2D eigenvalue weighted by atomic mass is 16.5. The van der Waals surface area contributed by atoms with Crippen LogP contribution in [0.4, 0.5) is 0 Å². The van der Waals surface area contributed by atoms with Crippen LogP contribution in [0.3, 0.4) is 0 Å². The van der Waals surface area contributed by atoms with E-state index < -0.39 is 0 Å². The Labute approximate surface area is 85.3 Å². The fourth-order valence-electron chi connectivity index (χ4n) is 0.779. The second-order valence-corrected chi connectivity index (χ2v) is 2.73. The first-order valence-electron chi connectivity index (χ1n) is 4.78. The maximum Gasteiger partial charge on any atom is 0.222 e. The van der Waals surface area contributed by atoms with Gasteiger partial charge in [0.05, 0.1) is 26.4 Å². The fraction of sp³-hybridized carbons (Fsp3) is 0.700. The number of hydrogen-bond donors (Lipinski definition) is 1. The Balaban J connectivity index is 2.98. The van der Waals surface area contributed by atoms with Gasteiger partial charge < -0.3 is 14.8 Å². The maximum absolute atomic E-state index is 10.8. The minimum atomic E-state index is -0.00224. The van der Waals surface area contributed by atoms with Crippen LogP contribution in [0.5, 0.6) is 0 Å². The Bertz CT molecular complexity index is 159. The summed E-state index contributed by atoms with van der Waals surface area (Å²) in [6.45, 7) is 5.82. The van der Waals surface area contributed by atoms with E-state index >= 15 is 0 Å². The van der Waals surface area contributed by atoms with E-state index in [9.17, 15) is 4.79 Å². The number of amides is 1. The summed E-state index contributed by atoms with van der Waals surface area (Å²) in [5, 5.41) is 2.52. The summed E-state index contributed by atoms with van der Waals surface area (Å²) in [6, 6.07) is 0. The molecule has 82 valence electrons. The van der Waals surface area contributed by atoms with E-state index in [4.69, 9.17) is 9.47 Å². The van der Waals surface area contributed by atoms with Crippen molar-refractivity contribution in [1.82, 2.24) is 5.32 Å². The third-order valence-corrected chi connectivity index (χ3v) is 1.59. The van der Waals surface area contributed by atoms with Crippen LogP contribution in [0, 0.1) is 0 Å². The SMILES string of the molecule is C=CCCOCCOCCC(=O)NC. The first kappa shape index (κ1) is 13.1. The van der Waals surface area contributed by atoms with E-state index in [1.54, 1.807) is 7.05 Å². The average molecular weight is 201 g/mol. The lowest BCUT2D eigenvalue weighted by Crippen LogP contribution is -2.19. The summed E-state index contributed by atoms with van der Waals surface area (Å²) in [5.41, 5.74) is 0. The Kier molecular flexibility index (Phi) is 9.58. The quantitative estimate of drug-likeness (QED) is 0.442. The Morgan fingerprint density at radius 2 is 1.93 bits per heavy atom. The minimum absolute atomic E-state index is 0.00224. The highest BCUT2D eigenvalue weighted by molar-refractivity contribution is 5.75. The summed E-state index contributed by atoms with van der Waals surface area (Å²) >= 11 is 0. The number of ether oxygens (including phenoxy) is 2. The minimum Gasteiger partial charge on any atom is -0.379 e. The molecule has 4 nitrogen and oxygen atoms in total. The molecule has 0 spiro atoms. The average Bonchev–Trinajstić information content (AvgIpc) is 2.21. The number of carbonyl (C=O) groups is 1. The second kappa shape index (κ2) is 10.2. The van der Waals surface area contributed by atoms with Crippen molar-refractivity contribution in [3.05, 3.63) is 12.7 Å². The van der Waals surface area contributed by atoms with Gasteiger partial charge >= 0.3 is 0 Å². The van der Waals surface area contributed by atoms with Gasteiger partial charge in [0.2, 0.25) is 5.91 Å². The lowest BCUT2D eigenvalue weighted by molar-refractivity contribution is -0.121. The van der Waals surface area contributed by atoms with Gasteiger partial charge in [-0.2, -0.15) is 0 Å². The number of nitrogens with one attached hydrogen (secondary N) is 1. The lowest BCUT2D eigenvalue weighted by Gasteiger charge is -2.04. The fourth-order valence-corrected chi connectivity index (χ4v) is 0.779. The second-order valence-electron chi connectivity index (χ2n) is 2.73. The molecule has 0 radical (unpaired) electrons. The zero-order chi connectivity index (χ0) is 10.6. The van der Waals surface area contributed by atoms with Crippen LogP contribution in [0.15, 0.2) is 12.7 Å². The predicted octanol–water partition coefficient (Wildman–Crippen LogP) is 0.732. The Morgan fingerprint density at radius 3 is 2.50 bits per heavy atom. The normalized spacial score (nSPS) is 9.79. The molecule has 0 aromatic heterocycles. The van der Waals surface area contributed by atoms with E-state index in [-0.39, 0.29) is 5.91 Å². The highest BCUT2D eigenvalue weighted by Gasteiger charge is 1.96. The van der Waals surface area contributed by atoms with Crippen molar-refractivity contribution in [3.8, 4) is 0 Å². The molecule has 0 aliphatic heterocycles. The summed E-state index contributed by atoms with van der Waals surface area (Å²) < 4.78 is 10.4. The zero-order valence-electron chi connectivity index (χ0n) is 8.75. The standard InChI is InChI=1S/C10H19NO3/c1-3-4-6-13-8-9-14-7-5-10(12)11-2/h3H,1,4-9H2,2H3,(H,11,12). The van der Waals surface area contributed by atoms with Crippen molar-refractivity contribution in [1.29, 1.82) is 0 Å². The molecule has 1 amide bonds. The van der Waals surface area contributed by atoms with Crippen LogP contribution in [0.25, 0.3) is 0 Å². The molecule has 0 atom stereocenters. The molecule has 0 aliphatic carbocycles. The van der Waals surface area contributed by atoms with Crippen molar-refractivity contribution in [2.24, 2.45) is 0 Å². The van der Waals surface area contributed by atoms with Gasteiger partial charge in [0.1, 0.15) is 0 Å². The molecule has 0 saturated carbocycles. The molecule has 0 aliphatic rings. The van der Waals surface area contributed by atoms with Gasteiger partial charge in [-0.3, -0.25) is 4.79 Å². The van der Waals surface area contributed by atoms with Gasteiger partial charge in [-0.15, -0.1) is 6.58 Å². The van der Waals surface area contributed by atoms with Gasteiger partial charge in [0.25, 0.3) is 0 Å². The molecule has 0 rings (SSSR count). The van der Waals surface area contributed by atoms with E-state index in [1.165, 1.54) is 0 Å². The molecule has 0 unspecified atom stereocenters. The Hall–Kier alpha value is -0.870. The van der Waals surface area contributed by atoms with Gasteiger partial charge in [0, 0.05) is 13.5 Å². The van der Waals surface area contributed by atoms with Crippen LogP contribution in [0.1, 0.15) is 12.8 Å². The molecule has 0 aromatic rings. The first-order chi connectivity index (χ1) is 6.81. The van der Waals surface area contributed by atoms with Crippen LogP contribution in [-0.2, 0) is 14.3 Å². The maximum atomic E-state index is 10.8. The van der Waals surface area contributed by atoms with Gasteiger partial charge in [-0.05, 0) is 6.42 Å². The molecule has 0 heterocycles. The molecule has 1 N–H and O–H groups in total. The largest absolute Gasteiger partial charge is 0.379 e. The van der Waals surface area contributed by atoms with Gasteiger partial charge in [-0.1, -0.05) is 6.08 Å². The summed E-state index contributed by atoms with van der Waals surface area (Å²) in [4.78, 5) is 10.8.